The Balaban J connectivity index is 1.91. The van der Waals surface area contributed by atoms with E-state index in [0.29, 0.717) is 13.0 Å². The second-order valence-electron chi connectivity index (χ2n) is 5.84. The van der Waals surface area contributed by atoms with E-state index in [9.17, 15) is 13.2 Å². The maximum atomic E-state index is 12.9. The van der Waals surface area contributed by atoms with Crippen molar-refractivity contribution in [3.8, 4) is 6.07 Å². The van der Waals surface area contributed by atoms with Crippen molar-refractivity contribution in [1.82, 2.24) is 14.8 Å². The third-order valence-corrected chi connectivity index (χ3v) is 4.30. The molecule has 132 valence electrons. The van der Waals surface area contributed by atoms with Crippen molar-refractivity contribution in [2.75, 3.05) is 11.9 Å². The number of aryl methyl sites for hydroxylation is 1. The molecule has 0 amide bonds. The first-order valence-electron chi connectivity index (χ1n) is 7.66. The summed E-state index contributed by atoms with van der Waals surface area (Å²) in [5, 5.41) is 16.3. The highest BCUT2D eigenvalue weighted by molar-refractivity contribution is 5.53. The van der Waals surface area contributed by atoms with Gasteiger partial charge in [-0.1, -0.05) is 0 Å². The number of alkyl halides is 3. The zero-order valence-corrected chi connectivity index (χ0v) is 13.6. The van der Waals surface area contributed by atoms with Gasteiger partial charge in [-0.25, -0.2) is 4.98 Å². The predicted molar refractivity (Wildman–Crippen MR) is 82.6 cm³/mol. The molecule has 1 N–H and O–H groups in total. The molecule has 0 unspecified atom stereocenters. The first kappa shape index (κ1) is 17.2. The van der Waals surface area contributed by atoms with Crippen molar-refractivity contribution < 1.29 is 17.9 Å². The molecule has 1 fully saturated rings. The average Bonchev–Trinajstić information content (AvgIpc) is 3.14. The van der Waals surface area contributed by atoms with Gasteiger partial charge in [-0.15, -0.1) is 0 Å². The van der Waals surface area contributed by atoms with Crippen LogP contribution in [0.3, 0.4) is 0 Å². The molecule has 2 atom stereocenters. The van der Waals surface area contributed by atoms with Crippen molar-refractivity contribution >= 4 is 5.82 Å². The van der Waals surface area contributed by atoms with Gasteiger partial charge >= 0.3 is 6.18 Å². The SMILES string of the molecule is Cc1c([C@H]2OCC[C@@H]2Nc2nc(C(F)(F)F)ccc2C#N)cnn1C. The number of ether oxygens (including phenoxy) is 1. The molecule has 9 heteroatoms. The van der Waals surface area contributed by atoms with Gasteiger partial charge in [0.15, 0.2) is 0 Å². The highest BCUT2D eigenvalue weighted by Gasteiger charge is 2.35. The molecule has 0 aliphatic carbocycles. The summed E-state index contributed by atoms with van der Waals surface area (Å²) in [4.78, 5) is 3.60. The van der Waals surface area contributed by atoms with Crippen LogP contribution in [0.1, 0.15) is 35.0 Å². The summed E-state index contributed by atoms with van der Waals surface area (Å²) in [7, 11) is 1.80. The molecular formula is C16H16F3N5O. The lowest BCUT2D eigenvalue weighted by atomic mass is 10.0. The number of hydrogen-bond acceptors (Lipinski definition) is 5. The fourth-order valence-electron chi connectivity index (χ4n) is 2.83. The number of anilines is 1. The molecule has 2 aromatic heterocycles. The Morgan fingerprint density at radius 2 is 2.16 bits per heavy atom. The smallest absolute Gasteiger partial charge is 0.371 e. The number of hydrogen-bond donors (Lipinski definition) is 1. The van der Waals surface area contributed by atoms with E-state index < -0.39 is 11.9 Å². The summed E-state index contributed by atoms with van der Waals surface area (Å²) in [5.41, 5.74) is 0.794. The Hall–Kier alpha value is -2.60. The fourth-order valence-corrected chi connectivity index (χ4v) is 2.83. The Bertz CT molecular complexity index is 824. The van der Waals surface area contributed by atoms with Crippen molar-refractivity contribution in [3.63, 3.8) is 0 Å². The van der Waals surface area contributed by atoms with Crippen molar-refractivity contribution in [1.29, 1.82) is 5.26 Å². The topological polar surface area (TPSA) is 75.8 Å². The molecule has 0 aromatic carbocycles. The minimum atomic E-state index is -4.57. The summed E-state index contributed by atoms with van der Waals surface area (Å²) in [6, 6.07) is 3.50. The zero-order valence-electron chi connectivity index (χ0n) is 13.6. The van der Waals surface area contributed by atoms with Gasteiger partial charge < -0.3 is 10.1 Å². The van der Waals surface area contributed by atoms with Gasteiger partial charge in [0.05, 0.1) is 17.8 Å². The second kappa shape index (κ2) is 6.37. The molecule has 3 rings (SSSR count). The highest BCUT2D eigenvalue weighted by Crippen LogP contribution is 2.34. The van der Waals surface area contributed by atoms with E-state index in [4.69, 9.17) is 10.00 Å². The van der Waals surface area contributed by atoms with Gasteiger partial charge in [-0.05, 0) is 25.5 Å². The molecule has 6 nitrogen and oxygen atoms in total. The predicted octanol–water partition coefficient (Wildman–Crippen LogP) is 2.96. The van der Waals surface area contributed by atoms with Crippen LogP contribution in [0.5, 0.6) is 0 Å². The summed E-state index contributed by atoms with van der Waals surface area (Å²) in [6.07, 6.45) is -2.67. The molecule has 0 saturated carbocycles. The van der Waals surface area contributed by atoms with Crippen LogP contribution in [-0.4, -0.2) is 27.4 Å². The third-order valence-electron chi connectivity index (χ3n) is 4.30. The molecule has 2 aromatic rings. The Morgan fingerprint density at radius 3 is 2.76 bits per heavy atom. The number of halogens is 3. The van der Waals surface area contributed by atoms with E-state index in [1.165, 1.54) is 0 Å². The van der Waals surface area contributed by atoms with Gasteiger partial charge in [0.25, 0.3) is 0 Å². The normalized spacial score (nSPS) is 20.5. The van der Waals surface area contributed by atoms with Crippen LogP contribution in [0.2, 0.25) is 0 Å². The number of aromatic nitrogens is 3. The summed E-state index contributed by atoms with van der Waals surface area (Å²) in [6.45, 7) is 2.35. The zero-order chi connectivity index (χ0) is 18.2. The van der Waals surface area contributed by atoms with E-state index in [0.717, 1.165) is 23.4 Å². The van der Waals surface area contributed by atoms with Crippen LogP contribution >= 0.6 is 0 Å². The first-order chi connectivity index (χ1) is 11.8. The maximum absolute atomic E-state index is 12.9. The number of rotatable bonds is 3. The number of nitrogens with one attached hydrogen (secondary N) is 1. The summed E-state index contributed by atoms with van der Waals surface area (Å²) in [5.74, 6) is -0.0839. The average molecular weight is 351 g/mol. The van der Waals surface area contributed by atoms with Crippen LogP contribution in [0.15, 0.2) is 18.3 Å². The standard InChI is InChI=1S/C16H16F3N5O/c1-9-11(8-21-24(9)2)14-12(5-6-25-14)22-15-10(7-20)3-4-13(23-15)16(17,18)19/h3-4,8,12,14H,5-6H2,1-2H3,(H,22,23)/t12-,14+/m0/s1. The third kappa shape index (κ3) is 3.30. The second-order valence-corrected chi connectivity index (χ2v) is 5.84. The molecular weight excluding hydrogens is 335 g/mol. The van der Waals surface area contributed by atoms with Gasteiger partial charge in [0.2, 0.25) is 0 Å². The van der Waals surface area contributed by atoms with Crippen LogP contribution in [0.4, 0.5) is 19.0 Å². The van der Waals surface area contributed by atoms with E-state index >= 15 is 0 Å². The molecule has 0 bridgehead atoms. The van der Waals surface area contributed by atoms with Crippen molar-refractivity contribution in [2.24, 2.45) is 7.05 Å². The molecule has 1 aliphatic heterocycles. The lowest BCUT2D eigenvalue weighted by Crippen LogP contribution is -2.25. The number of nitrogens with zero attached hydrogens (tertiary/aromatic N) is 4. The molecule has 25 heavy (non-hydrogen) atoms. The summed E-state index contributed by atoms with van der Waals surface area (Å²) < 4.78 is 46.2. The Morgan fingerprint density at radius 1 is 1.40 bits per heavy atom. The van der Waals surface area contributed by atoms with Crippen LogP contribution in [-0.2, 0) is 18.0 Å². The van der Waals surface area contributed by atoms with E-state index in [2.05, 4.69) is 15.4 Å². The summed E-state index contributed by atoms with van der Waals surface area (Å²) >= 11 is 0. The molecule has 1 saturated heterocycles. The minimum absolute atomic E-state index is 0.0570. The van der Waals surface area contributed by atoms with Crippen molar-refractivity contribution in [2.45, 2.75) is 31.7 Å². The molecule has 0 spiro atoms. The van der Waals surface area contributed by atoms with E-state index in [1.807, 2.05) is 13.0 Å². The van der Waals surface area contributed by atoms with E-state index in [-0.39, 0.29) is 23.5 Å². The van der Waals surface area contributed by atoms with Crippen LogP contribution in [0, 0.1) is 18.3 Å². The lowest BCUT2D eigenvalue weighted by molar-refractivity contribution is -0.141. The van der Waals surface area contributed by atoms with Crippen LogP contribution < -0.4 is 5.32 Å². The molecule has 3 heterocycles. The lowest BCUT2D eigenvalue weighted by Gasteiger charge is -2.21. The minimum Gasteiger partial charge on any atom is -0.371 e. The largest absolute Gasteiger partial charge is 0.433 e. The fraction of sp³-hybridized carbons (Fsp3) is 0.438. The quantitative estimate of drug-likeness (QED) is 0.920. The van der Waals surface area contributed by atoms with Gasteiger partial charge in [-0.3, -0.25) is 4.68 Å². The van der Waals surface area contributed by atoms with Crippen molar-refractivity contribution in [3.05, 3.63) is 40.8 Å². The van der Waals surface area contributed by atoms with E-state index in [1.54, 1.807) is 17.9 Å². The van der Waals surface area contributed by atoms with Crippen LogP contribution in [0.25, 0.3) is 0 Å². The maximum Gasteiger partial charge on any atom is 0.433 e. The monoisotopic (exact) mass is 351 g/mol. The Labute approximate surface area is 142 Å². The number of nitriles is 1. The Kier molecular flexibility index (Phi) is 4.39. The highest BCUT2D eigenvalue weighted by atomic mass is 19.4. The van der Waals surface area contributed by atoms with Gasteiger partial charge in [0.1, 0.15) is 23.7 Å². The first-order valence-corrected chi connectivity index (χ1v) is 7.66. The number of pyridine rings is 1. The van der Waals surface area contributed by atoms with Gasteiger partial charge in [-0.2, -0.15) is 23.5 Å². The molecule has 0 radical (unpaired) electrons. The molecule has 1 aliphatic rings. The van der Waals surface area contributed by atoms with Gasteiger partial charge in [0, 0.05) is 24.9 Å².